The molecule has 20 heavy (non-hydrogen) atoms. The highest BCUT2D eigenvalue weighted by molar-refractivity contribution is 5.98. The minimum atomic E-state index is -0.0375. The van der Waals surface area contributed by atoms with E-state index in [2.05, 4.69) is 5.32 Å². The van der Waals surface area contributed by atoms with Crippen molar-refractivity contribution in [1.82, 2.24) is 10.2 Å². The van der Waals surface area contributed by atoms with Crippen LogP contribution < -0.4 is 5.32 Å². The lowest BCUT2D eigenvalue weighted by Crippen LogP contribution is -2.35. The van der Waals surface area contributed by atoms with Gasteiger partial charge in [-0.2, -0.15) is 0 Å². The van der Waals surface area contributed by atoms with Crippen LogP contribution >= 0.6 is 0 Å². The van der Waals surface area contributed by atoms with E-state index in [1.54, 1.807) is 24.3 Å². The Bertz CT molecular complexity index is 500. The zero-order valence-electron chi connectivity index (χ0n) is 11.6. The van der Waals surface area contributed by atoms with E-state index < -0.39 is 0 Å². The fourth-order valence-electron chi connectivity index (χ4n) is 2.54. The zero-order valence-corrected chi connectivity index (χ0v) is 11.6. The molecule has 1 heterocycles. The number of nitrogens with one attached hydrogen (secondary N) is 1. The Balaban J connectivity index is 1.65. The fraction of sp³-hybridized carbons (Fsp3) is 0.500. The van der Waals surface area contributed by atoms with Gasteiger partial charge in [-0.3, -0.25) is 9.59 Å². The minimum Gasteiger partial charge on any atom is -0.349 e. The molecular formula is C16H20N2O2. The summed E-state index contributed by atoms with van der Waals surface area (Å²) in [6.45, 7) is 1.70. The lowest BCUT2D eigenvalue weighted by molar-refractivity contribution is 0.0723. The maximum Gasteiger partial charge on any atom is 0.253 e. The van der Waals surface area contributed by atoms with Gasteiger partial charge in [-0.05, 0) is 56.4 Å². The van der Waals surface area contributed by atoms with Crippen molar-refractivity contribution in [2.75, 3.05) is 13.1 Å². The molecule has 1 saturated carbocycles. The molecule has 1 aromatic carbocycles. The highest BCUT2D eigenvalue weighted by atomic mass is 16.2. The fourth-order valence-corrected chi connectivity index (χ4v) is 2.54. The number of nitrogens with zero attached hydrogens (tertiary/aromatic N) is 1. The van der Waals surface area contributed by atoms with Crippen LogP contribution in [0.4, 0.5) is 0 Å². The molecule has 2 aliphatic rings. The second kappa shape index (κ2) is 5.65. The van der Waals surface area contributed by atoms with Crippen LogP contribution in [0.2, 0.25) is 0 Å². The summed E-state index contributed by atoms with van der Waals surface area (Å²) >= 11 is 0. The Labute approximate surface area is 119 Å². The summed E-state index contributed by atoms with van der Waals surface area (Å²) in [6.07, 6.45) is 5.56. The summed E-state index contributed by atoms with van der Waals surface area (Å²) in [6, 6.07) is 7.37. The summed E-state index contributed by atoms with van der Waals surface area (Å²) in [5.41, 5.74) is 1.31. The van der Waals surface area contributed by atoms with Crippen molar-refractivity contribution in [2.45, 2.75) is 38.1 Å². The predicted octanol–water partition coefficient (Wildman–Crippen LogP) is 2.20. The summed E-state index contributed by atoms with van der Waals surface area (Å²) < 4.78 is 0. The molecule has 4 nitrogen and oxygen atoms in total. The van der Waals surface area contributed by atoms with Gasteiger partial charge in [0.25, 0.3) is 11.8 Å². The molecule has 4 heteroatoms. The van der Waals surface area contributed by atoms with Gasteiger partial charge in [0.15, 0.2) is 0 Å². The standard InChI is InChI=1S/C16H20N2O2/c19-15(17-14-8-9-14)12-4-6-13(7-5-12)16(20)18-10-2-1-3-11-18/h4-7,14H,1-3,8-11H2,(H,17,19). The normalized spacial score (nSPS) is 18.7. The monoisotopic (exact) mass is 272 g/mol. The maximum atomic E-state index is 12.3. The van der Waals surface area contributed by atoms with Crippen LogP contribution in [-0.2, 0) is 0 Å². The lowest BCUT2D eigenvalue weighted by Gasteiger charge is -2.26. The molecule has 3 rings (SSSR count). The highest BCUT2D eigenvalue weighted by Crippen LogP contribution is 2.19. The number of benzene rings is 1. The third kappa shape index (κ3) is 3.00. The molecule has 1 N–H and O–H groups in total. The third-order valence-corrected chi connectivity index (χ3v) is 3.95. The van der Waals surface area contributed by atoms with Crippen LogP contribution in [0.25, 0.3) is 0 Å². The second-order valence-electron chi connectivity index (χ2n) is 5.68. The number of likely N-dealkylation sites (tertiary alicyclic amines) is 1. The van der Waals surface area contributed by atoms with Crippen LogP contribution in [0.1, 0.15) is 52.8 Å². The van der Waals surface area contributed by atoms with Crippen molar-refractivity contribution in [3.05, 3.63) is 35.4 Å². The smallest absolute Gasteiger partial charge is 0.253 e. The molecule has 0 atom stereocenters. The molecule has 0 aromatic heterocycles. The zero-order chi connectivity index (χ0) is 13.9. The van der Waals surface area contributed by atoms with E-state index in [4.69, 9.17) is 0 Å². The summed E-state index contributed by atoms with van der Waals surface area (Å²) in [5.74, 6) is 0.0447. The number of rotatable bonds is 3. The van der Waals surface area contributed by atoms with Crippen LogP contribution in [0, 0.1) is 0 Å². The van der Waals surface area contributed by atoms with Crippen molar-refractivity contribution < 1.29 is 9.59 Å². The molecule has 0 unspecified atom stereocenters. The van der Waals surface area contributed by atoms with E-state index in [-0.39, 0.29) is 11.8 Å². The first kappa shape index (κ1) is 13.2. The molecular weight excluding hydrogens is 252 g/mol. The number of piperidine rings is 1. The maximum absolute atomic E-state index is 12.3. The van der Waals surface area contributed by atoms with Gasteiger partial charge in [-0.15, -0.1) is 0 Å². The van der Waals surface area contributed by atoms with Gasteiger partial charge in [0, 0.05) is 30.3 Å². The number of hydrogen-bond acceptors (Lipinski definition) is 2. The Morgan fingerprint density at radius 2 is 1.55 bits per heavy atom. The van der Waals surface area contributed by atoms with Crippen LogP contribution in [0.3, 0.4) is 0 Å². The molecule has 1 aliphatic carbocycles. The number of amides is 2. The van der Waals surface area contributed by atoms with Crippen molar-refractivity contribution in [2.24, 2.45) is 0 Å². The average Bonchev–Trinajstić information content (AvgIpc) is 3.31. The summed E-state index contributed by atoms with van der Waals surface area (Å²) in [7, 11) is 0. The number of carbonyl (C=O) groups is 2. The van der Waals surface area contributed by atoms with E-state index in [9.17, 15) is 9.59 Å². The lowest BCUT2D eigenvalue weighted by atomic mass is 10.1. The predicted molar refractivity (Wildman–Crippen MR) is 76.7 cm³/mol. The first-order valence-corrected chi connectivity index (χ1v) is 7.44. The molecule has 0 bridgehead atoms. The first-order chi connectivity index (χ1) is 9.74. The van der Waals surface area contributed by atoms with E-state index in [0.717, 1.165) is 38.8 Å². The van der Waals surface area contributed by atoms with Crippen molar-refractivity contribution in [3.63, 3.8) is 0 Å². The number of carbonyl (C=O) groups excluding carboxylic acids is 2. The molecule has 0 spiro atoms. The summed E-state index contributed by atoms with van der Waals surface area (Å²) in [4.78, 5) is 26.1. The van der Waals surface area contributed by atoms with Gasteiger partial charge in [0.2, 0.25) is 0 Å². The molecule has 1 aromatic rings. The van der Waals surface area contributed by atoms with Crippen LogP contribution in [-0.4, -0.2) is 35.8 Å². The molecule has 1 aliphatic heterocycles. The molecule has 2 amide bonds. The second-order valence-corrected chi connectivity index (χ2v) is 5.68. The number of hydrogen-bond donors (Lipinski definition) is 1. The molecule has 1 saturated heterocycles. The van der Waals surface area contributed by atoms with Crippen molar-refractivity contribution in [1.29, 1.82) is 0 Å². The Kier molecular flexibility index (Phi) is 3.72. The van der Waals surface area contributed by atoms with E-state index in [1.807, 2.05) is 4.90 Å². The van der Waals surface area contributed by atoms with Gasteiger partial charge in [0.05, 0.1) is 0 Å². The Morgan fingerprint density at radius 3 is 2.15 bits per heavy atom. The van der Waals surface area contributed by atoms with Crippen LogP contribution in [0.5, 0.6) is 0 Å². The van der Waals surface area contributed by atoms with Gasteiger partial charge in [-0.1, -0.05) is 0 Å². The van der Waals surface area contributed by atoms with Crippen molar-refractivity contribution >= 4 is 11.8 Å². The van der Waals surface area contributed by atoms with E-state index in [1.165, 1.54) is 6.42 Å². The van der Waals surface area contributed by atoms with Crippen LogP contribution in [0.15, 0.2) is 24.3 Å². The van der Waals surface area contributed by atoms with Crippen molar-refractivity contribution in [3.8, 4) is 0 Å². The Hall–Kier alpha value is -1.84. The third-order valence-electron chi connectivity index (χ3n) is 3.95. The van der Waals surface area contributed by atoms with E-state index >= 15 is 0 Å². The Morgan fingerprint density at radius 1 is 0.950 bits per heavy atom. The molecule has 2 fully saturated rings. The first-order valence-electron chi connectivity index (χ1n) is 7.44. The van der Waals surface area contributed by atoms with Gasteiger partial charge < -0.3 is 10.2 Å². The van der Waals surface area contributed by atoms with Gasteiger partial charge >= 0.3 is 0 Å². The van der Waals surface area contributed by atoms with Gasteiger partial charge in [0.1, 0.15) is 0 Å². The average molecular weight is 272 g/mol. The quantitative estimate of drug-likeness (QED) is 0.917. The van der Waals surface area contributed by atoms with Gasteiger partial charge in [-0.25, -0.2) is 0 Å². The topological polar surface area (TPSA) is 49.4 Å². The largest absolute Gasteiger partial charge is 0.349 e. The SMILES string of the molecule is O=C(NC1CC1)c1ccc(C(=O)N2CCCCC2)cc1. The molecule has 106 valence electrons. The summed E-state index contributed by atoms with van der Waals surface area (Å²) in [5, 5.41) is 2.95. The molecule has 0 radical (unpaired) electrons. The van der Waals surface area contributed by atoms with E-state index in [0.29, 0.717) is 17.2 Å². The minimum absolute atomic E-state index is 0.0375. The highest BCUT2D eigenvalue weighted by Gasteiger charge is 2.24.